The molecule has 0 radical (unpaired) electrons. The quantitative estimate of drug-likeness (QED) is 0.409. The van der Waals surface area contributed by atoms with E-state index in [0.29, 0.717) is 34.1 Å². The molecule has 6 heteroatoms. The van der Waals surface area contributed by atoms with E-state index in [4.69, 9.17) is 18.9 Å². The highest BCUT2D eigenvalue weighted by Crippen LogP contribution is 2.42. The van der Waals surface area contributed by atoms with Gasteiger partial charge in [0.15, 0.2) is 28.8 Å². The SMILES string of the molecule is COc1ccc(/C=C/C(=O)c2ccccc2-c2cc(OC)c(OC)c(OC)c2)cc1O. The first-order valence-electron chi connectivity index (χ1n) is 9.51. The first kappa shape index (κ1) is 21.8. The monoisotopic (exact) mass is 420 g/mol. The highest BCUT2D eigenvalue weighted by molar-refractivity contribution is 6.11. The highest BCUT2D eigenvalue weighted by atomic mass is 16.5. The second kappa shape index (κ2) is 9.71. The van der Waals surface area contributed by atoms with E-state index in [1.165, 1.54) is 19.3 Å². The van der Waals surface area contributed by atoms with Crippen molar-refractivity contribution < 1.29 is 28.8 Å². The number of phenols is 1. The van der Waals surface area contributed by atoms with Crippen molar-refractivity contribution in [2.45, 2.75) is 0 Å². The van der Waals surface area contributed by atoms with Gasteiger partial charge in [-0.2, -0.15) is 0 Å². The fourth-order valence-corrected chi connectivity index (χ4v) is 3.26. The van der Waals surface area contributed by atoms with Gasteiger partial charge in [-0.05, 0) is 47.0 Å². The number of rotatable bonds is 8. The largest absolute Gasteiger partial charge is 0.504 e. The first-order chi connectivity index (χ1) is 15.0. The molecule has 0 spiro atoms. The van der Waals surface area contributed by atoms with E-state index < -0.39 is 0 Å². The zero-order chi connectivity index (χ0) is 22.4. The number of hydrogen-bond acceptors (Lipinski definition) is 6. The van der Waals surface area contributed by atoms with Crippen molar-refractivity contribution in [2.24, 2.45) is 0 Å². The number of aromatic hydroxyl groups is 1. The van der Waals surface area contributed by atoms with Crippen LogP contribution in [0.2, 0.25) is 0 Å². The number of carbonyl (C=O) groups excluding carboxylic acids is 1. The lowest BCUT2D eigenvalue weighted by Gasteiger charge is -2.15. The Labute approximate surface area is 181 Å². The molecule has 0 aliphatic carbocycles. The number of benzene rings is 3. The number of phenolic OH excluding ortho intramolecular Hbond substituents is 1. The van der Waals surface area contributed by atoms with Crippen LogP contribution in [0.25, 0.3) is 17.2 Å². The van der Waals surface area contributed by atoms with Crippen molar-refractivity contribution in [1.82, 2.24) is 0 Å². The van der Waals surface area contributed by atoms with Crippen molar-refractivity contribution in [3.05, 3.63) is 71.8 Å². The highest BCUT2D eigenvalue weighted by Gasteiger charge is 2.17. The zero-order valence-electron chi connectivity index (χ0n) is 17.8. The molecule has 3 rings (SSSR count). The van der Waals surface area contributed by atoms with E-state index in [2.05, 4.69) is 0 Å². The molecule has 0 aromatic heterocycles. The normalized spacial score (nSPS) is 10.7. The maximum absolute atomic E-state index is 13.0. The molecule has 0 atom stereocenters. The van der Waals surface area contributed by atoms with Crippen LogP contribution in [0.5, 0.6) is 28.7 Å². The van der Waals surface area contributed by atoms with Crippen LogP contribution >= 0.6 is 0 Å². The molecule has 6 nitrogen and oxygen atoms in total. The third-order valence-corrected chi connectivity index (χ3v) is 4.80. The van der Waals surface area contributed by atoms with Crippen molar-refractivity contribution in [2.75, 3.05) is 28.4 Å². The molecule has 0 aliphatic rings. The van der Waals surface area contributed by atoms with Crippen LogP contribution in [0.4, 0.5) is 0 Å². The average molecular weight is 420 g/mol. The van der Waals surface area contributed by atoms with E-state index in [1.807, 2.05) is 18.2 Å². The molecule has 0 bridgehead atoms. The van der Waals surface area contributed by atoms with Crippen LogP contribution < -0.4 is 18.9 Å². The van der Waals surface area contributed by atoms with Gasteiger partial charge in [0.2, 0.25) is 5.75 Å². The summed E-state index contributed by atoms with van der Waals surface area (Å²) < 4.78 is 21.3. The van der Waals surface area contributed by atoms with Gasteiger partial charge < -0.3 is 24.1 Å². The maximum atomic E-state index is 13.0. The molecule has 0 fully saturated rings. The van der Waals surface area contributed by atoms with Gasteiger partial charge >= 0.3 is 0 Å². The van der Waals surface area contributed by atoms with E-state index in [-0.39, 0.29) is 11.5 Å². The van der Waals surface area contributed by atoms with Gasteiger partial charge in [-0.25, -0.2) is 0 Å². The summed E-state index contributed by atoms with van der Waals surface area (Å²) in [6.45, 7) is 0. The number of ether oxygens (including phenoxy) is 4. The van der Waals surface area contributed by atoms with Crippen LogP contribution in [0.3, 0.4) is 0 Å². The molecule has 3 aromatic carbocycles. The van der Waals surface area contributed by atoms with E-state index in [9.17, 15) is 9.90 Å². The predicted octanol–water partition coefficient (Wildman–Crippen LogP) is 4.99. The molecular weight excluding hydrogens is 396 g/mol. The Bertz CT molecular complexity index is 1090. The van der Waals surface area contributed by atoms with Crippen LogP contribution in [0, 0.1) is 0 Å². The minimum absolute atomic E-state index is 0.00919. The second-order valence-electron chi connectivity index (χ2n) is 6.59. The molecule has 0 heterocycles. The van der Waals surface area contributed by atoms with Gasteiger partial charge in [0.05, 0.1) is 28.4 Å². The third kappa shape index (κ3) is 4.64. The van der Waals surface area contributed by atoms with Crippen molar-refractivity contribution >= 4 is 11.9 Å². The smallest absolute Gasteiger partial charge is 0.203 e. The van der Waals surface area contributed by atoms with E-state index in [1.54, 1.807) is 57.7 Å². The van der Waals surface area contributed by atoms with Gasteiger partial charge in [0.25, 0.3) is 0 Å². The Kier molecular flexibility index (Phi) is 6.82. The summed E-state index contributed by atoms with van der Waals surface area (Å²) in [6.07, 6.45) is 3.12. The van der Waals surface area contributed by atoms with Crippen molar-refractivity contribution in [3.63, 3.8) is 0 Å². The molecule has 3 aromatic rings. The maximum Gasteiger partial charge on any atom is 0.203 e. The first-order valence-corrected chi connectivity index (χ1v) is 9.51. The Morgan fingerprint density at radius 3 is 2.03 bits per heavy atom. The number of methoxy groups -OCH3 is 4. The molecule has 0 aliphatic heterocycles. The molecular formula is C25H24O6. The standard InChI is InChI=1S/C25H24O6/c1-28-22-12-10-16(13-21(22)27)9-11-20(26)19-8-6-5-7-18(19)17-14-23(29-2)25(31-4)24(15-17)30-3/h5-15,27H,1-4H3/b11-9+. The topological polar surface area (TPSA) is 74.2 Å². The number of ketones is 1. The Morgan fingerprint density at radius 2 is 1.45 bits per heavy atom. The summed E-state index contributed by atoms with van der Waals surface area (Å²) in [5, 5.41) is 9.93. The average Bonchev–Trinajstić information content (AvgIpc) is 2.81. The lowest BCUT2D eigenvalue weighted by Crippen LogP contribution is -2.00. The lowest BCUT2D eigenvalue weighted by atomic mass is 9.96. The minimum Gasteiger partial charge on any atom is -0.504 e. The van der Waals surface area contributed by atoms with E-state index >= 15 is 0 Å². The zero-order valence-corrected chi connectivity index (χ0v) is 17.8. The Morgan fingerprint density at radius 1 is 0.806 bits per heavy atom. The summed E-state index contributed by atoms with van der Waals surface area (Å²) in [6, 6.07) is 15.8. The fraction of sp³-hybridized carbons (Fsp3) is 0.160. The molecule has 31 heavy (non-hydrogen) atoms. The van der Waals surface area contributed by atoms with Crippen LogP contribution in [-0.2, 0) is 0 Å². The summed E-state index contributed by atoms with van der Waals surface area (Å²) in [7, 11) is 6.11. The van der Waals surface area contributed by atoms with Crippen molar-refractivity contribution in [3.8, 4) is 39.9 Å². The van der Waals surface area contributed by atoms with Crippen molar-refractivity contribution in [1.29, 1.82) is 0 Å². The van der Waals surface area contributed by atoms with E-state index in [0.717, 1.165) is 11.1 Å². The van der Waals surface area contributed by atoms with Gasteiger partial charge in [-0.15, -0.1) is 0 Å². The van der Waals surface area contributed by atoms with Gasteiger partial charge in [0, 0.05) is 5.56 Å². The number of carbonyl (C=O) groups is 1. The summed E-state index contributed by atoms with van der Waals surface area (Å²) in [5.74, 6) is 1.69. The lowest BCUT2D eigenvalue weighted by molar-refractivity contribution is 0.104. The summed E-state index contributed by atoms with van der Waals surface area (Å²) in [4.78, 5) is 13.0. The van der Waals surface area contributed by atoms with Gasteiger partial charge in [-0.3, -0.25) is 4.79 Å². The molecule has 1 N–H and O–H groups in total. The minimum atomic E-state index is -0.181. The fourth-order valence-electron chi connectivity index (χ4n) is 3.26. The van der Waals surface area contributed by atoms with Crippen LogP contribution in [0.15, 0.2) is 60.7 Å². The second-order valence-corrected chi connectivity index (χ2v) is 6.59. The summed E-state index contributed by atoms with van der Waals surface area (Å²) in [5.41, 5.74) is 2.69. The van der Waals surface area contributed by atoms with Gasteiger partial charge in [-0.1, -0.05) is 36.4 Å². The number of allylic oxidation sites excluding steroid dienone is 1. The van der Waals surface area contributed by atoms with Crippen LogP contribution in [0.1, 0.15) is 15.9 Å². The van der Waals surface area contributed by atoms with Crippen LogP contribution in [-0.4, -0.2) is 39.3 Å². The van der Waals surface area contributed by atoms with Gasteiger partial charge in [0.1, 0.15) is 0 Å². The molecule has 0 saturated carbocycles. The molecule has 160 valence electrons. The number of hydrogen-bond donors (Lipinski definition) is 1. The predicted molar refractivity (Wildman–Crippen MR) is 120 cm³/mol. The molecule has 0 saturated heterocycles. The summed E-state index contributed by atoms with van der Waals surface area (Å²) >= 11 is 0. The third-order valence-electron chi connectivity index (χ3n) is 4.80. The Hall–Kier alpha value is -3.93. The Balaban J connectivity index is 1.99. The molecule has 0 amide bonds. The molecule has 0 unspecified atom stereocenters.